The Kier molecular flexibility index (Phi) is 5.39. The van der Waals surface area contributed by atoms with Crippen LogP contribution < -0.4 is 19.3 Å². The molecule has 0 aromatic heterocycles. The number of carbonyl (C=O) groups excluding carboxylic acids is 4. The van der Waals surface area contributed by atoms with Gasteiger partial charge in [-0.1, -0.05) is 18.2 Å². The molecule has 2 aliphatic heterocycles. The number of carbonyl (C=O) groups is 4. The van der Waals surface area contributed by atoms with Gasteiger partial charge in [-0.25, -0.2) is 4.90 Å². The number of imide groups is 1. The van der Waals surface area contributed by atoms with Crippen LogP contribution >= 0.6 is 0 Å². The molecule has 3 fully saturated rings. The van der Waals surface area contributed by atoms with Crippen molar-refractivity contribution < 1.29 is 28.7 Å². The molecule has 1 saturated carbocycles. The summed E-state index contributed by atoms with van der Waals surface area (Å²) in [5, 5.41) is 0. The molecule has 0 radical (unpaired) electrons. The van der Waals surface area contributed by atoms with Crippen molar-refractivity contribution >= 4 is 35.1 Å². The van der Waals surface area contributed by atoms with Crippen molar-refractivity contribution in [3.63, 3.8) is 0 Å². The third-order valence-corrected chi connectivity index (χ3v) is 7.68. The minimum absolute atomic E-state index is 0.0496. The fourth-order valence-corrected chi connectivity index (χ4v) is 6.05. The Morgan fingerprint density at radius 2 is 1.61 bits per heavy atom. The molecule has 0 unspecified atom stereocenters. The number of nitrogens with zero attached hydrogens (tertiary/aromatic N) is 2. The fraction of sp³-hybridized carbons (Fsp3) is 0.357. The molecule has 0 N–H and O–H groups in total. The molecule has 0 spiro atoms. The van der Waals surface area contributed by atoms with E-state index in [0.29, 0.717) is 23.7 Å². The minimum atomic E-state index is -0.621. The maximum atomic E-state index is 13.1. The molecule has 6 rings (SSSR count). The number of ether oxygens (including phenoxy) is 2. The van der Waals surface area contributed by atoms with Gasteiger partial charge < -0.3 is 14.4 Å². The van der Waals surface area contributed by atoms with E-state index in [2.05, 4.69) is 12.2 Å². The van der Waals surface area contributed by atoms with Gasteiger partial charge in [-0.3, -0.25) is 19.2 Å². The predicted molar refractivity (Wildman–Crippen MR) is 130 cm³/mol. The van der Waals surface area contributed by atoms with E-state index in [1.54, 1.807) is 53.4 Å². The molecule has 2 bridgehead atoms. The number of hydrogen-bond acceptors (Lipinski definition) is 6. The molecule has 2 heterocycles. The van der Waals surface area contributed by atoms with Crippen molar-refractivity contribution in [1.29, 1.82) is 0 Å². The third kappa shape index (κ3) is 3.59. The second kappa shape index (κ2) is 8.62. The number of benzene rings is 2. The van der Waals surface area contributed by atoms with Gasteiger partial charge in [-0.2, -0.15) is 0 Å². The van der Waals surface area contributed by atoms with Gasteiger partial charge in [0, 0.05) is 24.7 Å². The third-order valence-electron chi connectivity index (χ3n) is 7.68. The Hall–Kier alpha value is -3.94. The molecule has 2 aliphatic carbocycles. The summed E-state index contributed by atoms with van der Waals surface area (Å²) in [4.78, 5) is 54.5. The lowest BCUT2D eigenvalue weighted by molar-refractivity contribution is -0.139. The minimum Gasteiger partial charge on any atom is -0.494 e. The van der Waals surface area contributed by atoms with Crippen LogP contribution in [0.15, 0.2) is 60.7 Å². The Bertz CT molecular complexity index is 1260. The van der Waals surface area contributed by atoms with Gasteiger partial charge in [0.1, 0.15) is 11.5 Å². The van der Waals surface area contributed by atoms with E-state index < -0.39 is 11.9 Å². The summed E-state index contributed by atoms with van der Waals surface area (Å²) >= 11 is 0. The topological polar surface area (TPSA) is 93.2 Å². The highest BCUT2D eigenvalue weighted by Crippen LogP contribution is 2.53. The zero-order valence-electron chi connectivity index (χ0n) is 19.8. The first-order valence-electron chi connectivity index (χ1n) is 12.4. The van der Waals surface area contributed by atoms with Crippen LogP contribution in [0.25, 0.3) is 0 Å². The molecule has 4 aliphatic rings. The molecule has 5 atom stereocenters. The molecule has 36 heavy (non-hydrogen) atoms. The Morgan fingerprint density at radius 1 is 0.917 bits per heavy atom. The molecule has 184 valence electrons. The molecule has 2 saturated heterocycles. The highest BCUT2D eigenvalue weighted by atomic mass is 16.5. The van der Waals surface area contributed by atoms with E-state index in [0.717, 1.165) is 6.42 Å². The Labute approximate surface area is 208 Å². The van der Waals surface area contributed by atoms with Gasteiger partial charge in [0.15, 0.2) is 0 Å². The standard InChI is InChI=1S/C28H26N2O6/c1-2-35-21-10-8-19(9-11-21)29-15-18(13-23(29)31)28(34)36-22-5-3-4-20(14-22)30-26(32)24-16-6-7-17(12-16)25(24)27(30)33/h3-11,14,16-18,24-25H,2,12-13,15H2,1H3/t16-,17-,18-,24-,25-/m0/s1. The first-order chi connectivity index (χ1) is 17.4. The summed E-state index contributed by atoms with van der Waals surface area (Å²) in [5.41, 5.74) is 1.10. The summed E-state index contributed by atoms with van der Waals surface area (Å²) in [6.45, 7) is 2.67. The van der Waals surface area contributed by atoms with Gasteiger partial charge in [0.25, 0.3) is 0 Å². The lowest BCUT2D eigenvalue weighted by Crippen LogP contribution is -2.32. The second-order valence-corrected chi connectivity index (χ2v) is 9.76. The van der Waals surface area contributed by atoms with Crippen LogP contribution in [0.5, 0.6) is 11.5 Å². The van der Waals surface area contributed by atoms with Gasteiger partial charge in [-0.15, -0.1) is 0 Å². The van der Waals surface area contributed by atoms with Crippen molar-refractivity contribution in [2.24, 2.45) is 29.6 Å². The summed E-state index contributed by atoms with van der Waals surface area (Å²) < 4.78 is 11.0. The van der Waals surface area contributed by atoms with Crippen LogP contribution in [0.2, 0.25) is 0 Å². The maximum Gasteiger partial charge on any atom is 0.316 e. The van der Waals surface area contributed by atoms with E-state index in [9.17, 15) is 19.2 Å². The van der Waals surface area contributed by atoms with Crippen LogP contribution in [-0.2, 0) is 19.2 Å². The zero-order chi connectivity index (χ0) is 25.0. The van der Waals surface area contributed by atoms with Crippen LogP contribution in [0.4, 0.5) is 11.4 Å². The van der Waals surface area contributed by atoms with Crippen molar-refractivity contribution in [3.8, 4) is 11.5 Å². The van der Waals surface area contributed by atoms with Gasteiger partial charge in [0.05, 0.1) is 30.0 Å². The van der Waals surface area contributed by atoms with Crippen LogP contribution in [-0.4, -0.2) is 36.8 Å². The number of anilines is 2. The molecule has 8 heteroatoms. The first kappa shape index (κ1) is 22.5. The number of amides is 3. The quantitative estimate of drug-likeness (QED) is 0.269. The largest absolute Gasteiger partial charge is 0.494 e. The average Bonchev–Trinajstić information content (AvgIpc) is 3.63. The van der Waals surface area contributed by atoms with Gasteiger partial charge >= 0.3 is 5.97 Å². The Morgan fingerprint density at radius 3 is 2.28 bits per heavy atom. The smallest absolute Gasteiger partial charge is 0.316 e. The second-order valence-electron chi connectivity index (χ2n) is 9.76. The number of esters is 1. The lowest BCUT2D eigenvalue weighted by Gasteiger charge is -2.18. The van der Waals surface area contributed by atoms with E-state index in [1.165, 1.54) is 4.90 Å². The molecular formula is C28H26N2O6. The van der Waals surface area contributed by atoms with Crippen LogP contribution in [0, 0.1) is 29.6 Å². The van der Waals surface area contributed by atoms with Crippen molar-refractivity contribution in [3.05, 3.63) is 60.7 Å². The van der Waals surface area contributed by atoms with Crippen molar-refractivity contribution in [2.45, 2.75) is 19.8 Å². The number of rotatable bonds is 6. The molecule has 2 aromatic carbocycles. The molecule has 3 amide bonds. The summed E-state index contributed by atoms with van der Waals surface area (Å²) in [6, 6.07) is 13.7. The Balaban J connectivity index is 1.14. The average molecular weight is 487 g/mol. The van der Waals surface area contributed by atoms with Crippen molar-refractivity contribution in [1.82, 2.24) is 0 Å². The van der Waals surface area contributed by atoms with E-state index in [-0.39, 0.29) is 60.1 Å². The predicted octanol–water partition coefficient (Wildman–Crippen LogP) is 3.36. The zero-order valence-corrected chi connectivity index (χ0v) is 19.8. The van der Waals surface area contributed by atoms with Crippen LogP contribution in [0.1, 0.15) is 19.8 Å². The monoisotopic (exact) mass is 486 g/mol. The van der Waals surface area contributed by atoms with Crippen molar-refractivity contribution in [2.75, 3.05) is 23.0 Å². The van der Waals surface area contributed by atoms with Gasteiger partial charge in [0.2, 0.25) is 17.7 Å². The SMILES string of the molecule is CCOc1ccc(N2C[C@@H](C(=O)Oc3cccc(N4C(=O)[C@@H]5[C@@H](C4=O)[C@H]4C=C[C@H]5C4)c3)CC2=O)cc1. The summed E-state index contributed by atoms with van der Waals surface area (Å²) in [7, 11) is 0. The van der Waals surface area contributed by atoms with E-state index >= 15 is 0 Å². The molecule has 2 aromatic rings. The molecular weight excluding hydrogens is 460 g/mol. The maximum absolute atomic E-state index is 13.1. The fourth-order valence-electron chi connectivity index (χ4n) is 6.05. The van der Waals surface area contributed by atoms with E-state index in [4.69, 9.17) is 9.47 Å². The summed E-state index contributed by atoms with van der Waals surface area (Å²) in [6.07, 6.45) is 5.02. The first-order valence-corrected chi connectivity index (χ1v) is 12.4. The number of hydrogen-bond donors (Lipinski definition) is 0. The highest BCUT2D eigenvalue weighted by Gasteiger charge is 2.59. The summed E-state index contributed by atoms with van der Waals surface area (Å²) in [5.74, 6) is -1.05. The number of fused-ring (bicyclic) bond motifs is 5. The molecule has 8 nitrogen and oxygen atoms in total. The lowest BCUT2D eigenvalue weighted by atomic mass is 9.85. The van der Waals surface area contributed by atoms with Crippen LogP contribution in [0.3, 0.4) is 0 Å². The number of allylic oxidation sites excluding steroid dienone is 2. The highest BCUT2D eigenvalue weighted by molar-refractivity contribution is 6.22. The van der Waals surface area contributed by atoms with E-state index in [1.807, 2.05) is 6.92 Å². The van der Waals surface area contributed by atoms with Gasteiger partial charge in [-0.05, 0) is 61.6 Å². The normalized spacial score (nSPS) is 28.2.